The van der Waals surface area contributed by atoms with Crippen molar-refractivity contribution in [2.75, 3.05) is 20.8 Å². The van der Waals surface area contributed by atoms with Crippen molar-refractivity contribution < 1.29 is 23.7 Å². The van der Waals surface area contributed by atoms with Crippen LogP contribution < -0.4 is 14.8 Å². The molecule has 5 rings (SSSR count). The highest BCUT2D eigenvalue weighted by molar-refractivity contribution is 5.76. The Balaban J connectivity index is 1.27. The summed E-state index contributed by atoms with van der Waals surface area (Å²) < 4.78 is 23.1. The number of benzene rings is 1. The summed E-state index contributed by atoms with van der Waals surface area (Å²) in [5.74, 6) is 1.95. The third-order valence-electron chi connectivity index (χ3n) is 8.34. The van der Waals surface area contributed by atoms with Gasteiger partial charge in [0.05, 0.1) is 26.2 Å². The monoisotopic (exact) mass is 415 g/mol. The van der Waals surface area contributed by atoms with Crippen LogP contribution in [0.3, 0.4) is 0 Å². The minimum absolute atomic E-state index is 0.00121. The molecule has 0 aromatic heterocycles. The van der Waals surface area contributed by atoms with Crippen LogP contribution in [0.5, 0.6) is 11.5 Å². The molecule has 0 bridgehead atoms. The Morgan fingerprint density at radius 2 is 2.03 bits per heavy atom. The van der Waals surface area contributed by atoms with Gasteiger partial charge in [-0.25, -0.2) is 0 Å². The molecule has 30 heavy (non-hydrogen) atoms. The van der Waals surface area contributed by atoms with Crippen molar-refractivity contribution in [2.45, 2.75) is 63.9 Å². The van der Waals surface area contributed by atoms with Gasteiger partial charge in [0.25, 0.3) is 0 Å². The smallest absolute Gasteiger partial charge is 0.311 e. The first-order valence-corrected chi connectivity index (χ1v) is 11.2. The molecule has 2 heterocycles. The topological polar surface area (TPSA) is 69.3 Å². The minimum atomic E-state index is -0.141. The highest BCUT2D eigenvalue weighted by atomic mass is 16.6. The van der Waals surface area contributed by atoms with Gasteiger partial charge in [-0.05, 0) is 42.9 Å². The largest absolute Gasteiger partial charge is 0.493 e. The molecule has 6 heteroatoms. The van der Waals surface area contributed by atoms with Gasteiger partial charge >= 0.3 is 5.97 Å². The van der Waals surface area contributed by atoms with Gasteiger partial charge in [0.2, 0.25) is 0 Å². The molecule has 4 fully saturated rings. The number of esters is 1. The Morgan fingerprint density at radius 1 is 1.23 bits per heavy atom. The van der Waals surface area contributed by atoms with E-state index in [1.54, 1.807) is 14.2 Å². The minimum Gasteiger partial charge on any atom is -0.493 e. The average Bonchev–Trinajstić information content (AvgIpc) is 3.42. The van der Waals surface area contributed by atoms with Crippen LogP contribution in [0.25, 0.3) is 0 Å². The molecule has 1 N–H and O–H groups in total. The van der Waals surface area contributed by atoms with E-state index in [-0.39, 0.29) is 41.0 Å². The lowest BCUT2D eigenvalue weighted by atomic mass is 9.53. The molecule has 4 aliphatic rings. The fourth-order valence-electron chi connectivity index (χ4n) is 6.83. The third kappa shape index (κ3) is 2.79. The molecule has 7 atom stereocenters. The highest BCUT2D eigenvalue weighted by Crippen LogP contribution is 2.70. The van der Waals surface area contributed by atoms with E-state index in [0.717, 1.165) is 12.0 Å². The number of hydrogen-bond donors (Lipinski definition) is 1. The predicted molar refractivity (Wildman–Crippen MR) is 111 cm³/mol. The summed E-state index contributed by atoms with van der Waals surface area (Å²) in [6.45, 7) is 5.96. The summed E-state index contributed by atoms with van der Waals surface area (Å²) in [5, 5.41) is 3.47. The molecule has 0 amide bonds. The molecule has 6 nitrogen and oxygen atoms in total. The summed E-state index contributed by atoms with van der Waals surface area (Å²) in [6, 6.07) is 5.89. The molecule has 2 aliphatic carbocycles. The molecule has 7 unspecified atom stereocenters. The molecule has 2 saturated heterocycles. The number of carbonyl (C=O) groups excluding carboxylic acids is 1. The summed E-state index contributed by atoms with van der Waals surface area (Å²) in [4.78, 5) is 12.8. The van der Waals surface area contributed by atoms with E-state index < -0.39 is 0 Å². The molecule has 164 valence electrons. The summed E-state index contributed by atoms with van der Waals surface area (Å²) >= 11 is 0. The number of methoxy groups -OCH3 is 2. The normalized spacial score (nSPS) is 41.3. The second-order valence-corrected chi connectivity index (χ2v) is 9.87. The number of epoxide rings is 1. The van der Waals surface area contributed by atoms with E-state index in [4.69, 9.17) is 18.9 Å². The Kier molecular flexibility index (Phi) is 4.78. The average molecular weight is 416 g/mol. The van der Waals surface area contributed by atoms with Gasteiger partial charge in [-0.2, -0.15) is 0 Å². The number of hydrogen-bond acceptors (Lipinski definition) is 6. The lowest BCUT2D eigenvalue weighted by Crippen LogP contribution is -2.54. The quantitative estimate of drug-likeness (QED) is 0.568. The third-order valence-corrected chi connectivity index (χ3v) is 8.34. The summed E-state index contributed by atoms with van der Waals surface area (Å²) in [5.41, 5.74) is 1.19. The first-order chi connectivity index (χ1) is 14.4. The molecule has 2 saturated carbocycles. The van der Waals surface area contributed by atoms with Crippen molar-refractivity contribution in [3.05, 3.63) is 23.8 Å². The van der Waals surface area contributed by atoms with E-state index in [1.165, 1.54) is 19.3 Å². The zero-order valence-corrected chi connectivity index (χ0v) is 18.4. The van der Waals surface area contributed by atoms with Gasteiger partial charge in [0, 0.05) is 24.4 Å². The molecule has 0 radical (unpaired) electrons. The van der Waals surface area contributed by atoms with Crippen molar-refractivity contribution in [3.63, 3.8) is 0 Å². The number of carbonyl (C=O) groups is 1. The van der Waals surface area contributed by atoms with Gasteiger partial charge in [-0.3, -0.25) is 4.79 Å². The first kappa shape index (κ1) is 20.1. The Bertz CT molecular complexity index is 843. The molecule has 1 aromatic carbocycles. The summed E-state index contributed by atoms with van der Waals surface area (Å²) in [7, 11) is 3.27. The van der Waals surface area contributed by atoms with Gasteiger partial charge in [0.1, 0.15) is 11.7 Å². The van der Waals surface area contributed by atoms with Crippen LogP contribution in [0.4, 0.5) is 0 Å². The number of ether oxygens (including phenoxy) is 4. The maximum absolute atomic E-state index is 12.8. The van der Waals surface area contributed by atoms with Gasteiger partial charge in [-0.15, -0.1) is 0 Å². The fourth-order valence-corrected chi connectivity index (χ4v) is 6.83. The van der Waals surface area contributed by atoms with E-state index in [2.05, 4.69) is 19.2 Å². The van der Waals surface area contributed by atoms with Crippen LogP contribution in [-0.2, 0) is 20.8 Å². The maximum Gasteiger partial charge on any atom is 0.311 e. The van der Waals surface area contributed by atoms with Crippen LogP contribution in [-0.4, -0.2) is 44.5 Å². The molecular weight excluding hydrogens is 382 g/mol. The number of nitrogens with one attached hydrogen (secondary N) is 1. The van der Waals surface area contributed by atoms with Crippen LogP contribution in [0.15, 0.2) is 18.2 Å². The first-order valence-electron chi connectivity index (χ1n) is 11.2. The van der Waals surface area contributed by atoms with Crippen molar-refractivity contribution in [3.8, 4) is 11.5 Å². The molecular formula is C24H33NO5. The second kappa shape index (κ2) is 7.13. The number of fused-ring (bicyclic) bond motifs is 2. The van der Waals surface area contributed by atoms with Crippen LogP contribution >= 0.6 is 0 Å². The van der Waals surface area contributed by atoms with Gasteiger partial charge < -0.3 is 24.3 Å². The van der Waals surface area contributed by atoms with Crippen molar-refractivity contribution in [1.29, 1.82) is 0 Å². The highest BCUT2D eigenvalue weighted by Gasteiger charge is 2.78. The van der Waals surface area contributed by atoms with Crippen LogP contribution in [0.1, 0.15) is 45.1 Å². The number of rotatable bonds is 6. The Hall–Kier alpha value is -1.79. The maximum atomic E-state index is 12.8. The SMILES string of the molecule is COc1ccc(CNCC2C(=O)OC3CC4(C)CCCC(C)C45OC5C32)cc1OC. The summed E-state index contributed by atoms with van der Waals surface area (Å²) in [6.07, 6.45) is 4.75. The molecule has 1 aromatic rings. The van der Waals surface area contributed by atoms with E-state index in [0.29, 0.717) is 30.5 Å². The lowest BCUT2D eigenvalue weighted by molar-refractivity contribution is -0.146. The van der Waals surface area contributed by atoms with E-state index in [9.17, 15) is 4.79 Å². The van der Waals surface area contributed by atoms with Crippen molar-refractivity contribution in [2.24, 2.45) is 23.2 Å². The van der Waals surface area contributed by atoms with Crippen LogP contribution in [0, 0.1) is 23.2 Å². The Morgan fingerprint density at radius 3 is 2.80 bits per heavy atom. The fraction of sp³-hybridized carbons (Fsp3) is 0.708. The second-order valence-electron chi connectivity index (χ2n) is 9.87. The van der Waals surface area contributed by atoms with E-state index >= 15 is 0 Å². The standard InChI is InChI=1S/C24H33NO5/c1-14-6-5-9-23(2)11-19-20(21-24(14,23)30-21)16(22(26)29-19)13-25-12-15-7-8-17(27-3)18(10-15)28-4/h7-8,10,14,16,19-21,25H,5-6,9,11-13H2,1-4H3. The Labute approximate surface area is 178 Å². The predicted octanol–water partition coefficient (Wildman–Crippen LogP) is 3.32. The van der Waals surface area contributed by atoms with Crippen molar-refractivity contribution >= 4 is 5.97 Å². The van der Waals surface area contributed by atoms with Gasteiger partial charge in [0.15, 0.2) is 11.5 Å². The van der Waals surface area contributed by atoms with Crippen LogP contribution in [0.2, 0.25) is 0 Å². The van der Waals surface area contributed by atoms with Crippen molar-refractivity contribution in [1.82, 2.24) is 5.32 Å². The zero-order chi connectivity index (χ0) is 21.1. The zero-order valence-electron chi connectivity index (χ0n) is 18.4. The van der Waals surface area contributed by atoms with E-state index in [1.807, 2.05) is 18.2 Å². The molecule has 1 spiro atoms. The van der Waals surface area contributed by atoms with Gasteiger partial charge in [-0.1, -0.05) is 26.3 Å². The molecule has 2 aliphatic heterocycles. The lowest BCUT2D eigenvalue weighted by Gasteiger charge is -2.48.